The standard InChI is InChI=1S/C19H21N5O2/c1-11(2)13-10-15-14(9-12(13)3)21-16-17(22-19(26)23-18(16)25)24(15)8-6-4-5-7-20/h9-11H,4-6,8H2,1-3H3,(H,23,25,26). The predicted molar refractivity (Wildman–Crippen MR) is 99.3 cm³/mol. The van der Waals surface area contributed by atoms with Gasteiger partial charge in [0.25, 0.3) is 5.56 Å². The fourth-order valence-electron chi connectivity index (χ4n) is 3.28. The largest absolute Gasteiger partial charge is 0.349 e. The van der Waals surface area contributed by atoms with E-state index in [1.165, 1.54) is 5.56 Å². The first-order chi connectivity index (χ1) is 12.4. The molecule has 1 aromatic rings. The molecule has 0 unspecified atom stereocenters. The Bertz CT molecular complexity index is 1090. The molecule has 7 nitrogen and oxygen atoms in total. The molecule has 0 amide bonds. The number of aromatic amines is 1. The van der Waals surface area contributed by atoms with Gasteiger partial charge in [-0.25, -0.2) is 9.78 Å². The minimum atomic E-state index is -0.675. The molecule has 134 valence electrons. The number of aryl methyl sites for hydroxylation is 2. The zero-order valence-electron chi connectivity index (χ0n) is 15.2. The molecule has 3 rings (SSSR count). The summed E-state index contributed by atoms with van der Waals surface area (Å²) >= 11 is 0. The third kappa shape index (κ3) is 3.23. The Morgan fingerprint density at radius 3 is 2.69 bits per heavy atom. The van der Waals surface area contributed by atoms with Crippen molar-refractivity contribution in [1.82, 2.24) is 19.5 Å². The summed E-state index contributed by atoms with van der Waals surface area (Å²) in [5.74, 6) is 0.631. The van der Waals surface area contributed by atoms with Gasteiger partial charge < -0.3 is 4.57 Å². The Hall–Kier alpha value is -3.01. The average Bonchev–Trinajstić information content (AvgIpc) is 2.57. The van der Waals surface area contributed by atoms with E-state index in [9.17, 15) is 9.59 Å². The van der Waals surface area contributed by atoms with Crippen molar-refractivity contribution in [2.45, 2.75) is 52.5 Å². The molecule has 0 saturated carbocycles. The number of hydrogen-bond donors (Lipinski definition) is 1. The lowest BCUT2D eigenvalue weighted by atomic mass is 9.97. The molecule has 0 bridgehead atoms. The lowest BCUT2D eigenvalue weighted by Crippen LogP contribution is -2.29. The van der Waals surface area contributed by atoms with E-state index in [2.05, 4.69) is 40.9 Å². The van der Waals surface area contributed by atoms with Crippen LogP contribution in [0.1, 0.15) is 50.2 Å². The average molecular weight is 351 g/mol. The highest BCUT2D eigenvalue weighted by Gasteiger charge is 2.19. The number of benzene rings is 1. The first-order valence-corrected chi connectivity index (χ1v) is 8.74. The summed E-state index contributed by atoms with van der Waals surface area (Å²) in [5, 5.41) is 8.74. The van der Waals surface area contributed by atoms with E-state index in [-0.39, 0.29) is 5.69 Å². The smallest absolute Gasteiger partial charge is 0.322 e. The molecule has 0 spiro atoms. The number of rotatable bonds is 5. The van der Waals surface area contributed by atoms with E-state index in [0.29, 0.717) is 30.2 Å². The Labute approximate surface area is 150 Å². The third-order valence-electron chi connectivity index (χ3n) is 4.54. The second kappa shape index (κ2) is 7.08. The molecule has 0 aromatic heterocycles. The van der Waals surface area contributed by atoms with Crippen LogP contribution in [0.25, 0.3) is 22.6 Å². The number of nitrogens with one attached hydrogen (secondary N) is 1. The van der Waals surface area contributed by atoms with Gasteiger partial charge in [-0.05, 0) is 48.9 Å². The van der Waals surface area contributed by atoms with Gasteiger partial charge in [-0.3, -0.25) is 9.78 Å². The van der Waals surface area contributed by atoms with Crippen molar-refractivity contribution in [1.29, 1.82) is 5.26 Å². The number of unbranched alkanes of at least 4 members (excludes halogenated alkanes) is 2. The van der Waals surface area contributed by atoms with E-state index < -0.39 is 11.2 Å². The second-order valence-corrected chi connectivity index (χ2v) is 6.77. The lowest BCUT2D eigenvalue weighted by molar-refractivity contribution is 0.622. The van der Waals surface area contributed by atoms with Crippen molar-refractivity contribution in [2.75, 3.05) is 0 Å². The minimum Gasteiger partial charge on any atom is -0.322 e. The van der Waals surface area contributed by atoms with Crippen molar-refractivity contribution >= 4 is 11.0 Å². The zero-order chi connectivity index (χ0) is 18.8. The first kappa shape index (κ1) is 17.8. The zero-order valence-corrected chi connectivity index (χ0v) is 15.2. The first-order valence-electron chi connectivity index (χ1n) is 8.74. The molecule has 0 radical (unpaired) electrons. The van der Waals surface area contributed by atoms with Crippen LogP contribution in [0, 0.1) is 18.3 Å². The van der Waals surface area contributed by atoms with E-state index in [0.717, 1.165) is 23.9 Å². The number of hydrogen-bond acceptors (Lipinski definition) is 5. The van der Waals surface area contributed by atoms with Gasteiger partial charge in [0, 0.05) is 13.0 Å². The van der Waals surface area contributed by atoms with Crippen LogP contribution in [-0.2, 0) is 6.54 Å². The normalized spacial score (nSPS) is 11.3. The molecule has 0 aliphatic carbocycles. The Kier molecular flexibility index (Phi) is 4.85. The number of fused-ring (bicyclic) bond motifs is 2. The van der Waals surface area contributed by atoms with Gasteiger partial charge in [-0.15, -0.1) is 0 Å². The topological polar surface area (TPSA) is 104 Å². The van der Waals surface area contributed by atoms with Crippen LogP contribution in [0.4, 0.5) is 0 Å². The van der Waals surface area contributed by atoms with Gasteiger partial charge >= 0.3 is 5.69 Å². The van der Waals surface area contributed by atoms with Gasteiger partial charge in [-0.2, -0.15) is 10.2 Å². The lowest BCUT2D eigenvalue weighted by Gasteiger charge is -2.19. The Morgan fingerprint density at radius 1 is 1.23 bits per heavy atom. The SMILES string of the molecule is Cc1cc2nc3c(=O)[nH]c(=O)nc-3n(CCCCC#N)c2cc1C(C)C. The second-order valence-electron chi connectivity index (χ2n) is 6.77. The minimum absolute atomic E-state index is 0.161. The van der Waals surface area contributed by atoms with Crippen LogP contribution >= 0.6 is 0 Å². The molecule has 26 heavy (non-hydrogen) atoms. The molecule has 0 atom stereocenters. The molecular formula is C19H21N5O2. The molecule has 2 aliphatic heterocycles. The number of nitrogens with zero attached hydrogens (tertiary/aromatic N) is 4. The molecule has 0 fully saturated rings. The highest BCUT2D eigenvalue weighted by Crippen LogP contribution is 2.28. The van der Waals surface area contributed by atoms with Crippen molar-refractivity contribution < 1.29 is 0 Å². The number of aromatic nitrogens is 4. The quantitative estimate of drug-likeness (QED) is 0.562. The maximum atomic E-state index is 12.2. The van der Waals surface area contributed by atoms with E-state index in [4.69, 9.17) is 5.26 Å². The predicted octanol–water partition coefficient (Wildman–Crippen LogP) is 2.71. The van der Waals surface area contributed by atoms with Crippen LogP contribution in [0.2, 0.25) is 0 Å². The third-order valence-corrected chi connectivity index (χ3v) is 4.54. The van der Waals surface area contributed by atoms with Crippen LogP contribution in [0.5, 0.6) is 0 Å². The summed E-state index contributed by atoms with van der Waals surface area (Å²) in [6.07, 6.45) is 1.96. The molecule has 7 heteroatoms. The number of H-pyrrole nitrogens is 1. The summed E-state index contributed by atoms with van der Waals surface area (Å²) in [6.45, 7) is 6.84. The maximum absolute atomic E-state index is 12.2. The summed E-state index contributed by atoms with van der Waals surface area (Å²) < 4.78 is 1.89. The fraction of sp³-hybridized carbons (Fsp3) is 0.421. The summed E-state index contributed by atoms with van der Waals surface area (Å²) in [6, 6.07) is 6.18. The molecule has 1 N–H and O–H groups in total. The Morgan fingerprint density at radius 2 is 2.00 bits per heavy atom. The van der Waals surface area contributed by atoms with Gasteiger partial charge in [0.05, 0.1) is 17.1 Å². The monoisotopic (exact) mass is 351 g/mol. The van der Waals surface area contributed by atoms with Gasteiger partial charge in [-0.1, -0.05) is 13.8 Å². The molecule has 0 saturated heterocycles. The van der Waals surface area contributed by atoms with Crippen LogP contribution in [-0.4, -0.2) is 19.5 Å². The highest BCUT2D eigenvalue weighted by molar-refractivity contribution is 5.81. The maximum Gasteiger partial charge on any atom is 0.349 e. The molecular weight excluding hydrogens is 330 g/mol. The van der Waals surface area contributed by atoms with Crippen molar-refractivity contribution in [3.63, 3.8) is 0 Å². The van der Waals surface area contributed by atoms with E-state index >= 15 is 0 Å². The van der Waals surface area contributed by atoms with Crippen molar-refractivity contribution in [3.8, 4) is 17.6 Å². The van der Waals surface area contributed by atoms with Gasteiger partial charge in [0.15, 0.2) is 11.5 Å². The van der Waals surface area contributed by atoms with E-state index in [1.807, 2.05) is 17.6 Å². The summed E-state index contributed by atoms with van der Waals surface area (Å²) in [7, 11) is 0. The van der Waals surface area contributed by atoms with Crippen molar-refractivity contribution in [2.24, 2.45) is 0 Å². The summed E-state index contributed by atoms with van der Waals surface area (Å²) in [5.41, 5.74) is 2.81. The van der Waals surface area contributed by atoms with Crippen LogP contribution in [0.15, 0.2) is 21.7 Å². The van der Waals surface area contributed by atoms with Crippen LogP contribution in [0.3, 0.4) is 0 Å². The Balaban J connectivity index is 2.31. The molecule has 1 aromatic carbocycles. The molecule has 2 aliphatic rings. The fourth-order valence-corrected chi connectivity index (χ4v) is 3.28. The van der Waals surface area contributed by atoms with E-state index in [1.54, 1.807) is 0 Å². The van der Waals surface area contributed by atoms with Crippen molar-refractivity contribution in [3.05, 3.63) is 44.1 Å². The van der Waals surface area contributed by atoms with Gasteiger partial charge in [0.1, 0.15) is 0 Å². The van der Waals surface area contributed by atoms with Crippen LogP contribution < -0.4 is 11.2 Å². The summed E-state index contributed by atoms with van der Waals surface area (Å²) in [4.78, 5) is 34.6. The molecule has 2 heterocycles. The van der Waals surface area contributed by atoms with Gasteiger partial charge in [0.2, 0.25) is 0 Å². The highest BCUT2D eigenvalue weighted by atomic mass is 16.2. The number of nitriles is 1.